The lowest BCUT2D eigenvalue weighted by Gasteiger charge is -2.13. The van der Waals surface area contributed by atoms with Crippen LogP contribution < -0.4 is 10.9 Å². The molecule has 0 bridgehead atoms. The number of rotatable bonds is 8. The molecule has 6 heteroatoms. The molecule has 1 N–H and O–H groups in total. The summed E-state index contributed by atoms with van der Waals surface area (Å²) in [5.74, 6) is -0.216. The van der Waals surface area contributed by atoms with E-state index in [2.05, 4.69) is 10.3 Å². The lowest BCUT2D eigenvalue weighted by atomic mass is 10.1. The third kappa shape index (κ3) is 4.84. The van der Waals surface area contributed by atoms with Crippen LogP contribution in [0.15, 0.2) is 59.7 Å². The number of carbonyl (C=O) groups excluding carboxylic acids is 1. The molecule has 0 aliphatic heterocycles. The third-order valence-electron chi connectivity index (χ3n) is 4.65. The van der Waals surface area contributed by atoms with Crippen LogP contribution in [0.5, 0.6) is 0 Å². The summed E-state index contributed by atoms with van der Waals surface area (Å²) in [7, 11) is 0. The standard InChI is InChI=1S/C22H25N3O3/c1-16-8-6-11-19-21(16)24-15-25(22(19)27)14-20(26)23-12-7-13-28-17(2)18-9-4-3-5-10-18/h3-6,8-11,15,17H,7,12-14H2,1-2H3,(H,23,26). The number of amides is 1. The molecule has 1 atom stereocenters. The van der Waals surface area contributed by atoms with Crippen LogP contribution in [0.1, 0.15) is 30.6 Å². The van der Waals surface area contributed by atoms with Crippen LogP contribution in [0.2, 0.25) is 0 Å². The first-order valence-electron chi connectivity index (χ1n) is 9.44. The van der Waals surface area contributed by atoms with E-state index in [1.807, 2.05) is 56.3 Å². The van der Waals surface area contributed by atoms with Crippen molar-refractivity contribution in [2.24, 2.45) is 0 Å². The molecule has 146 valence electrons. The molecule has 3 aromatic rings. The van der Waals surface area contributed by atoms with E-state index in [0.717, 1.165) is 11.1 Å². The van der Waals surface area contributed by atoms with Gasteiger partial charge in [0.25, 0.3) is 5.56 Å². The van der Waals surface area contributed by atoms with Gasteiger partial charge in [0.1, 0.15) is 6.54 Å². The minimum absolute atomic E-state index is 0.0163. The summed E-state index contributed by atoms with van der Waals surface area (Å²) in [5.41, 5.74) is 2.54. The lowest BCUT2D eigenvalue weighted by Crippen LogP contribution is -2.33. The van der Waals surface area contributed by atoms with Gasteiger partial charge in [-0.05, 0) is 37.5 Å². The fourth-order valence-electron chi connectivity index (χ4n) is 3.04. The first kappa shape index (κ1) is 19.8. The Morgan fingerprint density at radius 2 is 1.96 bits per heavy atom. The number of hydrogen-bond acceptors (Lipinski definition) is 4. The topological polar surface area (TPSA) is 73.2 Å². The number of ether oxygens (including phenoxy) is 1. The van der Waals surface area contributed by atoms with E-state index in [0.29, 0.717) is 30.5 Å². The molecule has 0 saturated heterocycles. The van der Waals surface area contributed by atoms with E-state index in [1.165, 1.54) is 10.9 Å². The van der Waals surface area contributed by atoms with Crippen molar-refractivity contribution in [3.05, 3.63) is 76.3 Å². The van der Waals surface area contributed by atoms with E-state index in [4.69, 9.17) is 4.74 Å². The van der Waals surface area contributed by atoms with E-state index >= 15 is 0 Å². The highest BCUT2D eigenvalue weighted by Gasteiger charge is 2.09. The molecule has 0 spiro atoms. The first-order chi connectivity index (χ1) is 13.6. The molecule has 1 aromatic heterocycles. The Hall–Kier alpha value is -2.99. The zero-order chi connectivity index (χ0) is 19.9. The zero-order valence-electron chi connectivity index (χ0n) is 16.2. The van der Waals surface area contributed by atoms with E-state index < -0.39 is 0 Å². The van der Waals surface area contributed by atoms with Gasteiger partial charge in [0.2, 0.25) is 5.91 Å². The van der Waals surface area contributed by atoms with Crippen molar-refractivity contribution in [1.82, 2.24) is 14.9 Å². The molecule has 1 amide bonds. The Balaban J connectivity index is 1.45. The van der Waals surface area contributed by atoms with Crippen LogP contribution in [-0.2, 0) is 16.1 Å². The van der Waals surface area contributed by atoms with E-state index in [-0.39, 0.29) is 24.1 Å². The average Bonchev–Trinajstić information content (AvgIpc) is 2.71. The van der Waals surface area contributed by atoms with Crippen LogP contribution in [0.4, 0.5) is 0 Å². The Morgan fingerprint density at radius 3 is 2.75 bits per heavy atom. The van der Waals surface area contributed by atoms with Crippen LogP contribution in [-0.4, -0.2) is 28.6 Å². The van der Waals surface area contributed by atoms with Gasteiger partial charge in [-0.15, -0.1) is 0 Å². The summed E-state index contributed by atoms with van der Waals surface area (Å²) in [6, 6.07) is 15.5. The molecule has 1 heterocycles. The highest BCUT2D eigenvalue weighted by Crippen LogP contribution is 2.15. The molecule has 6 nitrogen and oxygen atoms in total. The number of para-hydroxylation sites is 1. The maximum Gasteiger partial charge on any atom is 0.261 e. The number of nitrogens with one attached hydrogen (secondary N) is 1. The fraction of sp³-hybridized carbons (Fsp3) is 0.318. The molecule has 28 heavy (non-hydrogen) atoms. The first-order valence-corrected chi connectivity index (χ1v) is 9.44. The lowest BCUT2D eigenvalue weighted by molar-refractivity contribution is -0.121. The maximum absolute atomic E-state index is 12.5. The molecule has 2 aromatic carbocycles. The van der Waals surface area contributed by atoms with E-state index in [9.17, 15) is 9.59 Å². The Kier molecular flexibility index (Phi) is 6.55. The number of aryl methyl sites for hydroxylation is 1. The molecule has 3 rings (SSSR count). The Bertz CT molecular complexity index is 999. The van der Waals surface area contributed by atoms with Crippen molar-refractivity contribution in [2.45, 2.75) is 32.9 Å². The monoisotopic (exact) mass is 379 g/mol. The van der Waals surface area contributed by atoms with Gasteiger partial charge in [-0.2, -0.15) is 0 Å². The van der Waals surface area contributed by atoms with Gasteiger partial charge in [-0.1, -0.05) is 42.5 Å². The molecule has 1 unspecified atom stereocenters. The number of nitrogens with zero attached hydrogens (tertiary/aromatic N) is 2. The summed E-state index contributed by atoms with van der Waals surface area (Å²) in [4.78, 5) is 29.0. The molecule has 0 aliphatic rings. The number of benzene rings is 2. The molecule has 0 radical (unpaired) electrons. The number of carbonyl (C=O) groups is 1. The van der Waals surface area contributed by atoms with Crippen molar-refractivity contribution < 1.29 is 9.53 Å². The van der Waals surface area contributed by atoms with E-state index in [1.54, 1.807) is 6.07 Å². The van der Waals surface area contributed by atoms with Crippen LogP contribution in [0.25, 0.3) is 10.9 Å². The van der Waals surface area contributed by atoms with Gasteiger partial charge >= 0.3 is 0 Å². The third-order valence-corrected chi connectivity index (χ3v) is 4.65. The minimum Gasteiger partial charge on any atom is -0.374 e. The second-order valence-electron chi connectivity index (χ2n) is 6.78. The van der Waals surface area contributed by atoms with Crippen LogP contribution in [0.3, 0.4) is 0 Å². The maximum atomic E-state index is 12.5. The smallest absolute Gasteiger partial charge is 0.261 e. The molecular formula is C22H25N3O3. The average molecular weight is 379 g/mol. The summed E-state index contributed by atoms with van der Waals surface area (Å²) < 4.78 is 7.13. The van der Waals surface area contributed by atoms with Gasteiger partial charge in [0.05, 0.1) is 23.3 Å². The number of aromatic nitrogens is 2. The van der Waals surface area contributed by atoms with Gasteiger partial charge in [-0.3, -0.25) is 14.2 Å². The quantitative estimate of drug-likeness (QED) is 0.611. The summed E-state index contributed by atoms with van der Waals surface area (Å²) >= 11 is 0. The Morgan fingerprint density at radius 1 is 1.18 bits per heavy atom. The summed E-state index contributed by atoms with van der Waals surface area (Å²) in [6.07, 6.45) is 2.15. The SMILES string of the molecule is Cc1cccc2c(=O)n(CC(=O)NCCCOC(C)c3ccccc3)cnc12. The van der Waals surface area contributed by atoms with Gasteiger partial charge in [0, 0.05) is 13.2 Å². The van der Waals surface area contributed by atoms with Crippen LogP contribution in [0, 0.1) is 6.92 Å². The highest BCUT2D eigenvalue weighted by atomic mass is 16.5. The fourth-order valence-corrected chi connectivity index (χ4v) is 3.04. The highest BCUT2D eigenvalue weighted by molar-refractivity contribution is 5.81. The normalized spacial score (nSPS) is 12.1. The predicted octanol–water partition coefficient (Wildman–Crippen LogP) is 2.99. The zero-order valence-corrected chi connectivity index (χ0v) is 16.2. The largest absolute Gasteiger partial charge is 0.374 e. The molecule has 0 fully saturated rings. The van der Waals surface area contributed by atoms with Crippen molar-refractivity contribution in [2.75, 3.05) is 13.2 Å². The summed E-state index contributed by atoms with van der Waals surface area (Å²) in [5, 5.41) is 3.35. The second-order valence-corrected chi connectivity index (χ2v) is 6.78. The predicted molar refractivity (Wildman–Crippen MR) is 109 cm³/mol. The summed E-state index contributed by atoms with van der Waals surface area (Å²) in [6.45, 7) is 4.92. The van der Waals surface area contributed by atoms with Gasteiger partial charge in [-0.25, -0.2) is 4.98 Å². The molecule has 0 saturated carbocycles. The van der Waals surface area contributed by atoms with Crippen LogP contribution >= 0.6 is 0 Å². The second kappa shape index (κ2) is 9.28. The van der Waals surface area contributed by atoms with Crippen molar-refractivity contribution in [1.29, 1.82) is 0 Å². The minimum atomic E-state index is -0.216. The van der Waals surface area contributed by atoms with Crippen molar-refractivity contribution >= 4 is 16.8 Å². The number of hydrogen-bond donors (Lipinski definition) is 1. The molecular weight excluding hydrogens is 354 g/mol. The Labute approximate surface area is 164 Å². The van der Waals surface area contributed by atoms with Crippen molar-refractivity contribution in [3.63, 3.8) is 0 Å². The molecule has 0 aliphatic carbocycles. The van der Waals surface area contributed by atoms with Gasteiger partial charge < -0.3 is 10.1 Å². The van der Waals surface area contributed by atoms with Gasteiger partial charge in [0.15, 0.2) is 0 Å². The number of fused-ring (bicyclic) bond motifs is 1. The van der Waals surface area contributed by atoms with Crippen molar-refractivity contribution in [3.8, 4) is 0 Å².